The van der Waals surface area contributed by atoms with Gasteiger partial charge < -0.3 is 14.8 Å². The van der Waals surface area contributed by atoms with Gasteiger partial charge in [0.05, 0.1) is 12.2 Å². The van der Waals surface area contributed by atoms with Crippen LogP contribution in [0.5, 0.6) is 0 Å². The first kappa shape index (κ1) is 35.4. The van der Waals surface area contributed by atoms with Gasteiger partial charge in [-0.25, -0.2) is 0 Å². The largest absolute Gasteiger partial charge is 0.466 e. The molecule has 0 saturated carbocycles. The number of hydrogen-bond acceptors (Lipinski definition) is 4. The van der Waals surface area contributed by atoms with Crippen LogP contribution in [-0.2, 0) is 19.1 Å². The van der Waals surface area contributed by atoms with Crippen LogP contribution < -0.4 is 5.32 Å². The van der Waals surface area contributed by atoms with Crippen molar-refractivity contribution in [1.82, 2.24) is 5.32 Å². The Labute approximate surface area is 244 Å². The minimum absolute atomic E-state index is 0.0817. The molecule has 1 rings (SSSR count). The van der Waals surface area contributed by atoms with Gasteiger partial charge in [0.15, 0.2) is 0 Å². The van der Waals surface area contributed by atoms with E-state index < -0.39 is 6.10 Å². The number of amides is 1. The molecule has 1 N–H and O–H groups in total. The molecule has 0 aliphatic carbocycles. The first-order chi connectivity index (χ1) is 19.2. The number of hydrogen-bond donors (Lipinski definition) is 1. The number of allylic oxidation sites excluding steroid dienone is 12. The second-order valence-corrected chi connectivity index (χ2v) is 11.6. The molecule has 1 heterocycles. The molecule has 0 aromatic heterocycles. The Morgan fingerprint density at radius 1 is 0.775 bits per heavy atom. The fourth-order valence-electron chi connectivity index (χ4n) is 4.18. The highest BCUT2D eigenvalue weighted by Crippen LogP contribution is 2.40. The SMILES string of the molecule is CC/C=C\C/C=C\C/C=C\C/C=C\C/C=C\C/C=C\CCC(=O)OCCCNC(=O)C1OC(C)(C)CCC1(C)C. The third-order valence-corrected chi connectivity index (χ3v) is 6.75. The molecular weight excluding hydrogens is 498 g/mol. The summed E-state index contributed by atoms with van der Waals surface area (Å²) in [5.41, 5.74) is -0.469. The van der Waals surface area contributed by atoms with Gasteiger partial charge in [0.2, 0.25) is 5.91 Å². The van der Waals surface area contributed by atoms with Crippen molar-refractivity contribution in [2.45, 2.75) is 117 Å². The Bertz CT molecular complexity index is 889. The number of carbonyl (C=O) groups is 2. The lowest BCUT2D eigenvalue weighted by atomic mass is 9.75. The van der Waals surface area contributed by atoms with E-state index in [9.17, 15) is 9.59 Å². The van der Waals surface area contributed by atoms with Gasteiger partial charge in [0.1, 0.15) is 6.10 Å². The molecule has 0 aromatic carbocycles. The van der Waals surface area contributed by atoms with E-state index in [2.05, 4.69) is 92.9 Å². The van der Waals surface area contributed by atoms with Crippen LogP contribution in [0, 0.1) is 5.41 Å². The third kappa shape index (κ3) is 17.8. The van der Waals surface area contributed by atoms with Gasteiger partial charge in [-0.2, -0.15) is 0 Å². The highest BCUT2D eigenvalue weighted by molar-refractivity contribution is 5.81. The summed E-state index contributed by atoms with van der Waals surface area (Å²) in [5, 5.41) is 2.94. The van der Waals surface area contributed by atoms with Crippen LogP contribution >= 0.6 is 0 Å². The molecule has 40 heavy (non-hydrogen) atoms. The van der Waals surface area contributed by atoms with Crippen molar-refractivity contribution < 1.29 is 19.1 Å². The fourth-order valence-corrected chi connectivity index (χ4v) is 4.18. The number of rotatable bonds is 19. The number of ether oxygens (including phenoxy) is 2. The van der Waals surface area contributed by atoms with Crippen LogP contribution in [0.1, 0.15) is 105 Å². The summed E-state index contributed by atoms with van der Waals surface area (Å²) in [6.07, 6.45) is 34.9. The monoisotopic (exact) mass is 553 g/mol. The molecule has 0 bridgehead atoms. The lowest BCUT2D eigenvalue weighted by Crippen LogP contribution is -2.53. The zero-order valence-corrected chi connectivity index (χ0v) is 25.8. The van der Waals surface area contributed by atoms with Crippen LogP contribution in [0.25, 0.3) is 0 Å². The van der Waals surface area contributed by atoms with Gasteiger partial charge in [-0.3, -0.25) is 9.59 Å². The molecule has 0 spiro atoms. The summed E-state index contributed by atoms with van der Waals surface area (Å²) >= 11 is 0. The summed E-state index contributed by atoms with van der Waals surface area (Å²) in [5.74, 6) is -0.286. The zero-order valence-electron chi connectivity index (χ0n) is 25.8. The lowest BCUT2D eigenvalue weighted by Gasteiger charge is -2.45. The second-order valence-electron chi connectivity index (χ2n) is 11.6. The predicted molar refractivity (Wildman–Crippen MR) is 168 cm³/mol. The van der Waals surface area contributed by atoms with Crippen molar-refractivity contribution >= 4 is 11.9 Å². The molecule has 1 unspecified atom stereocenters. The van der Waals surface area contributed by atoms with Crippen molar-refractivity contribution in [3.05, 3.63) is 72.9 Å². The molecule has 1 aliphatic rings. The maximum absolute atomic E-state index is 12.6. The normalized spacial score (nSPS) is 19.2. The average Bonchev–Trinajstić information content (AvgIpc) is 2.91. The van der Waals surface area contributed by atoms with Crippen molar-refractivity contribution in [2.24, 2.45) is 5.41 Å². The quantitative estimate of drug-likeness (QED) is 0.0989. The Balaban J connectivity index is 2.02. The summed E-state index contributed by atoms with van der Waals surface area (Å²) < 4.78 is 11.4. The van der Waals surface area contributed by atoms with E-state index in [0.717, 1.165) is 51.4 Å². The Hall–Kier alpha value is -2.66. The third-order valence-electron chi connectivity index (χ3n) is 6.75. The van der Waals surface area contributed by atoms with Gasteiger partial charge in [0, 0.05) is 18.4 Å². The molecule has 0 radical (unpaired) electrons. The average molecular weight is 554 g/mol. The van der Waals surface area contributed by atoms with Crippen molar-refractivity contribution in [3.8, 4) is 0 Å². The smallest absolute Gasteiger partial charge is 0.306 e. The molecule has 5 heteroatoms. The van der Waals surface area contributed by atoms with Gasteiger partial charge >= 0.3 is 5.97 Å². The standard InChI is InChI=1S/C35H55NO4/c1-6-7-8-9-10-11-12-13-14-15-16-17-18-19-20-21-22-23-24-26-31(37)39-30-25-29-36-33(38)32-34(2,3)27-28-35(4,5)40-32/h7-8,10-11,13-14,16-17,19-20,22-23,32H,6,9,12,15,18,21,24-30H2,1-5H3,(H,36,38)/b8-7-,11-10-,14-13-,17-16-,20-19-,23-22-. The second kappa shape index (κ2) is 21.1. The van der Waals surface area contributed by atoms with Crippen LogP contribution in [0.15, 0.2) is 72.9 Å². The van der Waals surface area contributed by atoms with Crippen molar-refractivity contribution in [3.63, 3.8) is 0 Å². The molecule has 1 amide bonds. The topological polar surface area (TPSA) is 64.6 Å². The molecule has 1 fully saturated rings. The Kier molecular flexibility index (Phi) is 18.7. The summed E-state index contributed by atoms with van der Waals surface area (Å²) in [6, 6.07) is 0. The molecule has 1 atom stereocenters. The first-order valence-corrected chi connectivity index (χ1v) is 15.2. The van der Waals surface area contributed by atoms with Gasteiger partial charge in [-0.05, 0) is 78.1 Å². The van der Waals surface area contributed by atoms with Gasteiger partial charge in [-0.15, -0.1) is 0 Å². The fraction of sp³-hybridized carbons (Fsp3) is 0.600. The number of nitrogens with one attached hydrogen (secondary N) is 1. The highest BCUT2D eigenvalue weighted by Gasteiger charge is 2.44. The van der Waals surface area contributed by atoms with Crippen LogP contribution in [-0.4, -0.2) is 36.7 Å². The van der Waals surface area contributed by atoms with Crippen molar-refractivity contribution in [1.29, 1.82) is 0 Å². The van der Waals surface area contributed by atoms with E-state index in [1.807, 2.05) is 19.9 Å². The van der Waals surface area contributed by atoms with Gasteiger partial charge in [0.25, 0.3) is 0 Å². The first-order valence-electron chi connectivity index (χ1n) is 15.2. The van der Waals surface area contributed by atoms with Gasteiger partial charge in [-0.1, -0.05) is 93.7 Å². The minimum atomic E-state index is -0.458. The lowest BCUT2D eigenvalue weighted by molar-refractivity contribution is -0.178. The molecule has 224 valence electrons. The summed E-state index contributed by atoms with van der Waals surface area (Å²) in [7, 11) is 0. The van der Waals surface area contributed by atoms with E-state index in [4.69, 9.17) is 9.47 Å². The number of carbonyl (C=O) groups excluding carboxylic acids is 2. The summed E-state index contributed by atoms with van der Waals surface area (Å²) in [6.45, 7) is 11.1. The van der Waals surface area contributed by atoms with E-state index >= 15 is 0 Å². The van der Waals surface area contributed by atoms with Crippen molar-refractivity contribution in [2.75, 3.05) is 13.2 Å². The summed E-state index contributed by atoms with van der Waals surface area (Å²) in [4.78, 5) is 24.6. The maximum Gasteiger partial charge on any atom is 0.306 e. The van der Waals surface area contributed by atoms with E-state index in [0.29, 0.717) is 32.4 Å². The Morgan fingerprint density at radius 2 is 1.27 bits per heavy atom. The maximum atomic E-state index is 12.6. The van der Waals surface area contributed by atoms with E-state index in [1.165, 1.54) is 0 Å². The van der Waals surface area contributed by atoms with E-state index in [-0.39, 0.29) is 22.9 Å². The molecule has 0 aromatic rings. The predicted octanol–water partition coefficient (Wildman–Crippen LogP) is 8.50. The zero-order chi connectivity index (χ0) is 29.5. The Morgan fingerprint density at radius 3 is 1.80 bits per heavy atom. The number of esters is 1. The van der Waals surface area contributed by atoms with E-state index in [1.54, 1.807) is 0 Å². The van der Waals surface area contributed by atoms with Crippen LogP contribution in [0.3, 0.4) is 0 Å². The minimum Gasteiger partial charge on any atom is -0.466 e. The molecular formula is C35H55NO4. The van der Waals surface area contributed by atoms with Crippen LogP contribution in [0.4, 0.5) is 0 Å². The molecule has 5 nitrogen and oxygen atoms in total. The molecule has 1 saturated heterocycles. The van der Waals surface area contributed by atoms with Crippen LogP contribution in [0.2, 0.25) is 0 Å². The highest BCUT2D eigenvalue weighted by atomic mass is 16.5. The molecule has 1 aliphatic heterocycles.